The number of imidazole rings is 1. The van der Waals surface area contributed by atoms with Gasteiger partial charge >= 0.3 is 7.60 Å². The fourth-order valence-corrected chi connectivity index (χ4v) is 3.17. The quantitative estimate of drug-likeness (QED) is 0.403. The summed E-state index contributed by atoms with van der Waals surface area (Å²) in [5.41, 5.74) is 6.23. The number of anilines is 1. The molecular formula is C10H14N5O6P. The number of aromatic nitrogens is 4. The standard InChI is InChI=1S/C10H14N5O6P/c11-8-5-9(13-2-12-8)15(3-14-5)10-7(17)6(16)4(21-10)1-22(18,19)20/h2-4,6-7,10,16-17H,1H2,(H2,11,12,13)(H2,18,19,20)/t4-,6-,7-,10-/m1/s1. The Morgan fingerprint density at radius 2 is 2.00 bits per heavy atom. The lowest BCUT2D eigenvalue weighted by atomic mass is 10.1. The molecule has 0 unspecified atom stereocenters. The minimum absolute atomic E-state index is 0.142. The first-order valence-electron chi connectivity index (χ1n) is 6.27. The second kappa shape index (κ2) is 5.23. The maximum Gasteiger partial charge on any atom is 0.328 e. The maximum atomic E-state index is 11.1. The van der Waals surface area contributed by atoms with Crippen molar-refractivity contribution in [1.82, 2.24) is 19.5 Å². The lowest BCUT2D eigenvalue weighted by molar-refractivity contribution is -0.0300. The lowest BCUT2D eigenvalue weighted by Gasteiger charge is -2.16. The van der Waals surface area contributed by atoms with Crippen LogP contribution in [0.2, 0.25) is 0 Å². The third kappa shape index (κ3) is 2.58. The Balaban J connectivity index is 1.94. The summed E-state index contributed by atoms with van der Waals surface area (Å²) in [5.74, 6) is 0.142. The van der Waals surface area contributed by atoms with Crippen molar-refractivity contribution in [2.75, 3.05) is 11.9 Å². The van der Waals surface area contributed by atoms with Crippen molar-refractivity contribution in [3.63, 3.8) is 0 Å². The summed E-state index contributed by atoms with van der Waals surface area (Å²) in [7, 11) is -4.40. The average molecular weight is 331 g/mol. The van der Waals surface area contributed by atoms with Gasteiger partial charge in [-0.2, -0.15) is 0 Å². The van der Waals surface area contributed by atoms with Crippen LogP contribution in [0.1, 0.15) is 6.23 Å². The molecule has 120 valence electrons. The maximum absolute atomic E-state index is 11.1. The molecule has 0 bridgehead atoms. The third-order valence-electron chi connectivity index (χ3n) is 3.42. The fourth-order valence-electron chi connectivity index (χ4n) is 2.40. The first-order chi connectivity index (χ1) is 10.3. The van der Waals surface area contributed by atoms with Gasteiger partial charge in [0.05, 0.1) is 12.5 Å². The highest BCUT2D eigenvalue weighted by atomic mass is 31.2. The van der Waals surface area contributed by atoms with Gasteiger partial charge in [-0.3, -0.25) is 9.13 Å². The highest BCUT2D eigenvalue weighted by Gasteiger charge is 2.46. The Kier molecular flexibility index (Phi) is 3.63. The van der Waals surface area contributed by atoms with Crippen LogP contribution in [0.3, 0.4) is 0 Å². The van der Waals surface area contributed by atoms with Crippen LogP contribution < -0.4 is 5.73 Å². The number of nitrogens with two attached hydrogens (primary N) is 1. The van der Waals surface area contributed by atoms with Gasteiger partial charge in [0.2, 0.25) is 0 Å². The molecule has 1 aliphatic heterocycles. The van der Waals surface area contributed by atoms with Crippen LogP contribution in [0, 0.1) is 0 Å². The molecule has 1 fully saturated rings. The molecule has 0 saturated carbocycles. The zero-order valence-electron chi connectivity index (χ0n) is 11.1. The second-order valence-corrected chi connectivity index (χ2v) is 6.67. The molecule has 1 saturated heterocycles. The Morgan fingerprint density at radius 1 is 1.27 bits per heavy atom. The van der Waals surface area contributed by atoms with E-state index in [1.54, 1.807) is 0 Å². The molecule has 2 aromatic heterocycles. The van der Waals surface area contributed by atoms with E-state index >= 15 is 0 Å². The zero-order valence-corrected chi connectivity index (χ0v) is 12.0. The lowest BCUT2D eigenvalue weighted by Crippen LogP contribution is -2.33. The van der Waals surface area contributed by atoms with E-state index in [1.165, 1.54) is 17.2 Å². The topological polar surface area (TPSA) is 177 Å². The monoisotopic (exact) mass is 331 g/mol. The summed E-state index contributed by atoms with van der Waals surface area (Å²) in [6.07, 6.45) is -3.34. The molecule has 0 aliphatic carbocycles. The van der Waals surface area contributed by atoms with E-state index in [9.17, 15) is 14.8 Å². The molecule has 0 radical (unpaired) electrons. The molecule has 11 nitrogen and oxygen atoms in total. The number of fused-ring (bicyclic) bond motifs is 1. The molecule has 22 heavy (non-hydrogen) atoms. The molecule has 12 heteroatoms. The number of aliphatic hydroxyl groups excluding tert-OH is 2. The van der Waals surface area contributed by atoms with Crippen molar-refractivity contribution in [3.8, 4) is 0 Å². The Labute approximate surface area is 123 Å². The highest BCUT2D eigenvalue weighted by molar-refractivity contribution is 7.51. The van der Waals surface area contributed by atoms with Crippen LogP contribution in [-0.4, -0.2) is 64.0 Å². The van der Waals surface area contributed by atoms with E-state index in [2.05, 4.69) is 15.0 Å². The van der Waals surface area contributed by atoms with Gasteiger partial charge in [0, 0.05) is 0 Å². The number of nitrogens with zero attached hydrogens (tertiary/aromatic N) is 4. The van der Waals surface area contributed by atoms with Gasteiger partial charge in [-0.1, -0.05) is 0 Å². The van der Waals surface area contributed by atoms with Crippen LogP contribution in [0.5, 0.6) is 0 Å². The number of aliphatic hydroxyl groups is 2. The van der Waals surface area contributed by atoms with E-state index in [0.717, 1.165) is 0 Å². The third-order valence-corrected chi connectivity index (χ3v) is 4.25. The van der Waals surface area contributed by atoms with E-state index < -0.39 is 38.3 Å². The van der Waals surface area contributed by atoms with Crippen molar-refractivity contribution < 1.29 is 29.3 Å². The van der Waals surface area contributed by atoms with Gasteiger partial charge in [-0.25, -0.2) is 15.0 Å². The van der Waals surface area contributed by atoms with Crippen LogP contribution in [-0.2, 0) is 9.30 Å². The Bertz CT molecular complexity index is 746. The van der Waals surface area contributed by atoms with Crippen molar-refractivity contribution in [3.05, 3.63) is 12.7 Å². The predicted octanol–water partition coefficient (Wildman–Crippen LogP) is -1.79. The van der Waals surface area contributed by atoms with E-state index in [4.69, 9.17) is 20.3 Å². The zero-order chi connectivity index (χ0) is 16.1. The minimum atomic E-state index is -4.40. The van der Waals surface area contributed by atoms with E-state index in [1.807, 2.05) is 0 Å². The largest absolute Gasteiger partial charge is 0.387 e. The molecule has 0 amide bonds. The van der Waals surface area contributed by atoms with Gasteiger partial charge in [0.25, 0.3) is 0 Å². The van der Waals surface area contributed by atoms with Gasteiger partial charge in [0.15, 0.2) is 17.7 Å². The SMILES string of the molecule is Nc1ncnc2c1ncn2[C@@H]1O[C@H](CP(=O)(O)O)[C@@H](O)[C@H]1O. The Morgan fingerprint density at radius 3 is 2.68 bits per heavy atom. The second-order valence-electron chi connectivity index (χ2n) is 4.98. The van der Waals surface area contributed by atoms with E-state index in [-0.39, 0.29) is 11.5 Å². The number of ether oxygens (including phenoxy) is 1. The average Bonchev–Trinajstić information content (AvgIpc) is 2.95. The molecular weight excluding hydrogens is 317 g/mol. The number of nitrogen functional groups attached to an aromatic ring is 1. The smallest absolute Gasteiger partial charge is 0.328 e. The molecule has 3 heterocycles. The first-order valence-corrected chi connectivity index (χ1v) is 8.07. The van der Waals surface area contributed by atoms with Crippen molar-refractivity contribution >= 4 is 24.6 Å². The molecule has 0 aromatic carbocycles. The minimum Gasteiger partial charge on any atom is -0.387 e. The summed E-state index contributed by atoms with van der Waals surface area (Å²) in [4.78, 5) is 29.8. The molecule has 0 spiro atoms. The number of rotatable bonds is 3. The molecule has 4 atom stereocenters. The number of hydrogen-bond acceptors (Lipinski definition) is 8. The molecule has 3 rings (SSSR count). The van der Waals surface area contributed by atoms with Crippen LogP contribution in [0.4, 0.5) is 5.82 Å². The van der Waals surface area contributed by atoms with Crippen LogP contribution >= 0.6 is 7.60 Å². The van der Waals surface area contributed by atoms with Crippen LogP contribution in [0.15, 0.2) is 12.7 Å². The summed E-state index contributed by atoms with van der Waals surface area (Å²) < 4.78 is 17.8. The summed E-state index contributed by atoms with van der Waals surface area (Å²) in [6.45, 7) is 0. The van der Waals surface area contributed by atoms with Gasteiger partial charge < -0.3 is 30.5 Å². The van der Waals surface area contributed by atoms with Gasteiger partial charge in [0.1, 0.15) is 30.2 Å². The summed E-state index contributed by atoms with van der Waals surface area (Å²) in [6, 6.07) is 0. The first kappa shape index (κ1) is 15.3. The molecule has 2 aromatic rings. The summed E-state index contributed by atoms with van der Waals surface area (Å²) >= 11 is 0. The van der Waals surface area contributed by atoms with Gasteiger partial charge in [-0.05, 0) is 0 Å². The molecule has 6 N–H and O–H groups in total. The van der Waals surface area contributed by atoms with Gasteiger partial charge in [-0.15, -0.1) is 0 Å². The Hall–Kier alpha value is -1.62. The predicted molar refractivity (Wildman–Crippen MR) is 72.6 cm³/mol. The van der Waals surface area contributed by atoms with Crippen molar-refractivity contribution in [2.24, 2.45) is 0 Å². The molecule has 1 aliphatic rings. The normalized spacial score (nSPS) is 29.3. The van der Waals surface area contributed by atoms with Crippen molar-refractivity contribution in [2.45, 2.75) is 24.5 Å². The van der Waals surface area contributed by atoms with E-state index in [0.29, 0.717) is 5.52 Å². The van der Waals surface area contributed by atoms with Crippen molar-refractivity contribution in [1.29, 1.82) is 0 Å². The number of hydrogen-bond donors (Lipinski definition) is 5. The van der Waals surface area contributed by atoms with Crippen LogP contribution in [0.25, 0.3) is 11.2 Å². The summed E-state index contributed by atoms with van der Waals surface area (Å²) in [5, 5.41) is 20.0. The fraction of sp³-hybridized carbons (Fsp3) is 0.500. The highest BCUT2D eigenvalue weighted by Crippen LogP contribution is 2.41.